The fourth-order valence-electron chi connectivity index (χ4n) is 9.98. The first-order chi connectivity index (χ1) is 30.6. The first-order valence-corrected chi connectivity index (χ1v) is 21.7. The smallest absolute Gasteiger partial charge is 0.376 e. The summed E-state index contributed by atoms with van der Waals surface area (Å²) in [6.07, 6.45) is 7.27. The molecular weight excluding hydrogens is 869 g/mol. The molecule has 3 aromatic carbocycles. The number of halogens is 4. The van der Waals surface area contributed by atoms with Crippen LogP contribution in [0.2, 0.25) is 10.0 Å². The zero-order valence-electron chi connectivity index (χ0n) is 35.0. The topological polar surface area (TPSA) is 156 Å². The summed E-state index contributed by atoms with van der Waals surface area (Å²) >= 11 is 12.7. The first kappa shape index (κ1) is 40.5. The van der Waals surface area contributed by atoms with Crippen LogP contribution in [0.25, 0.3) is 44.4 Å². The van der Waals surface area contributed by atoms with Crippen LogP contribution >= 0.6 is 23.2 Å². The third-order valence-electron chi connectivity index (χ3n) is 13.3. The van der Waals surface area contributed by atoms with Crippen LogP contribution in [0.1, 0.15) is 86.0 Å². The Kier molecular flexibility index (Phi) is 9.08. The SMILES string of the molecule is C[C@H]1c2c(-n3ccn(-c4ccc5c(cnn5C)c4F)c3=O)c(-c3cc(Cl)c(F)c(Cl)c3)nn2CCN1C(=O)c1cc2cc([C@@H]3CCOC(C)(C)C3)ccc2n1C1(c2noc(=O)[nH]2)CC1. The van der Waals surface area contributed by atoms with Crippen LogP contribution in [0.4, 0.5) is 8.78 Å². The van der Waals surface area contributed by atoms with Gasteiger partial charge in [0.15, 0.2) is 17.5 Å². The van der Waals surface area contributed by atoms with Gasteiger partial charge in [0.05, 0.1) is 56.7 Å². The number of ether oxygens (including phenoxy) is 1. The number of amides is 1. The van der Waals surface area contributed by atoms with Gasteiger partial charge in [0, 0.05) is 49.1 Å². The molecule has 0 spiro atoms. The van der Waals surface area contributed by atoms with Gasteiger partial charge in [-0.25, -0.2) is 18.4 Å². The van der Waals surface area contributed by atoms with E-state index in [9.17, 15) is 14.0 Å². The summed E-state index contributed by atoms with van der Waals surface area (Å²) < 4.78 is 49.7. The summed E-state index contributed by atoms with van der Waals surface area (Å²) in [6, 6.07) is 13.4. The minimum Gasteiger partial charge on any atom is -0.376 e. The lowest BCUT2D eigenvalue weighted by molar-refractivity contribution is -0.0592. The summed E-state index contributed by atoms with van der Waals surface area (Å²) in [7, 11) is 1.70. The Hall–Kier alpha value is -6.30. The van der Waals surface area contributed by atoms with E-state index in [0.29, 0.717) is 47.7 Å². The average Bonchev–Trinajstić information content (AvgIpc) is 3.72. The Balaban J connectivity index is 1.05. The Morgan fingerprint density at radius 3 is 2.42 bits per heavy atom. The second-order valence-corrected chi connectivity index (χ2v) is 18.4. The van der Waals surface area contributed by atoms with Crippen LogP contribution < -0.4 is 11.4 Å². The lowest BCUT2D eigenvalue weighted by Crippen LogP contribution is -2.43. The van der Waals surface area contributed by atoms with Crippen molar-refractivity contribution in [1.29, 1.82) is 0 Å². The van der Waals surface area contributed by atoms with Crippen LogP contribution in [0.15, 0.2) is 81.2 Å². The Labute approximate surface area is 372 Å². The molecule has 3 aliphatic rings. The highest BCUT2D eigenvalue weighted by molar-refractivity contribution is 6.35. The van der Waals surface area contributed by atoms with Gasteiger partial charge in [-0.05, 0) is 100 Å². The van der Waals surface area contributed by atoms with Gasteiger partial charge in [-0.15, -0.1) is 0 Å². The van der Waals surface area contributed by atoms with E-state index in [2.05, 4.69) is 41.2 Å². The number of benzene rings is 3. The molecule has 1 amide bonds. The van der Waals surface area contributed by atoms with Crippen molar-refractivity contribution in [1.82, 2.24) is 48.3 Å². The highest BCUT2D eigenvalue weighted by Crippen LogP contribution is 2.51. The van der Waals surface area contributed by atoms with E-state index in [0.717, 1.165) is 29.3 Å². The molecule has 1 aliphatic carbocycles. The lowest BCUT2D eigenvalue weighted by Gasteiger charge is -2.35. The normalized spacial score (nSPS) is 19.2. The van der Waals surface area contributed by atoms with Gasteiger partial charge in [0.2, 0.25) is 0 Å². The van der Waals surface area contributed by atoms with Gasteiger partial charge in [-0.3, -0.25) is 32.8 Å². The number of carbonyl (C=O) groups is 1. The number of fused-ring (bicyclic) bond motifs is 3. The molecule has 0 unspecified atom stereocenters. The summed E-state index contributed by atoms with van der Waals surface area (Å²) in [5.41, 5.74) is 2.46. The van der Waals surface area contributed by atoms with E-state index in [1.54, 1.807) is 27.4 Å². The van der Waals surface area contributed by atoms with Crippen LogP contribution in [-0.4, -0.2) is 73.0 Å². The number of nitrogens with one attached hydrogen (secondary N) is 1. The maximum Gasteiger partial charge on any atom is 0.438 e. The summed E-state index contributed by atoms with van der Waals surface area (Å²) in [5.74, 6) is -1.85. The molecule has 11 rings (SSSR count). The number of carbonyl (C=O) groups excluding carboxylic acids is 1. The summed E-state index contributed by atoms with van der Waals surface area (Å²) in [4.78, 5) is 46.8. The van der Waals surface area contributed by atoms with Gasteiger partial charge in [-0.1, -0.05) is 34.4 Å². The Morgan fingerprint density at radius 2 is 1.70 bits per heavy atom. The largest absolute Gasteiger partial charge is 0.438 e. The van der Waals surface area contributed by atoms with Crippen molar-refractivity contribution in [2.45, 2.75) is 76.1 Å². The first-order valence-electron chi connectivity index (χ1n) is 21.0. The number of nitrogens with zero attached hydrogens (tertiary/aromatic N) is 9. The predicted octanol–water partition coefficient (Wildman–Crippen LogP) is 8.02. The molecule has 328 valence electrons. The van der Waals surface area contributed by atoms with Crippen molar-refractivity contribution in [2.24, 2.45) is 7.05 Å². The van der Waals surface area contributed by atoms with Crippen molar-refractivity contribution >= 4 is 50.9 Å². The standard InChI is InChI=1S/C45H40Cl2F2N10O5/c1-23-38-39(57-13-12-56(43(57)62)33-8-7-32-28(35(33)48)22-50-54(32)4)37(27-18-29(46)36(49)30(47)19-27)52-58(38)15-14-55(23)40(60)34-20-26-17-24(25-9-16-63-44(2,3)21-25)5-6-31(26)59(34)45(10-11-45)41-51-42(61)64-53-41/h5-8,12-13,17-20,22-23,25H,9-11,14-16,21H2,1-4H3,(H,51,53,61)/t23-,25+/m0/s1. The van der Waals surface area contributed by atoms with Gasteiger partial charge in [0.1, 0.15) is 22.6 Å². The molecule has 0 bridgehead atoms. The van der Waals surface area contributed by atoms with E-state index in [1.807, 2.05) is 23.6 Å². The third-order valence-corrected chi connectivity index (χ3v) is 13.8. The highest BCUT2D eigenvalue weighted by Gasteiger charge is 2.52. The highest BCUT2D eigenvalue weighted by atomic mass is 35.5. The minimum atomic E-state index is -0.842. The maximum atomic E-state index is 16.1. The summed E-state index contributed by atoms with van der Waals surface area (Å²) in [5, 5.41) is 13.8. The Bertz CT molecular complexity index is 3340. The van der Waals surface area contributed by atoms with Crippen LogP contribution in [0.3, 0.4) is 0 Å². The monoisotopic (exact) mass is 908 g/mol. The molecule has 2 fully saturated rings. The molecule has 2 aliphatic heterocycles. The number of rotatable bonds is 7. The second kappa shape index (κ2) is 14.4. The van der Waals surface area contributed by atoms with Crippen molar-refractivity contribution < 1.29 is 22.8 Å². The average molecular weight is 910 g/mol. The van der Waals surface area contributed by atoms with Crippen LogP contribution in [-0.2, 0) is 23.9 Å². The zero-order valence-corrected chi connectivity index (χ0v) is 36.5. The number of H-pyrrole nitrogens is 1. The quantitative estimate of drug-likeness (QED) is 0.158. The summed E-state index contributed by atoms with van der Waals surface area (Å²) in [6.45, 7) is 7.13. The van der Waals surface area contributed by atoms with Crippen LogP contribution in [0.5, 0.6) is 0 Å². The van der Waals surface area contributed by atoms with Gasteiger partial charge < -0.3 is 14.2 Å². The number of imidazole rings is 1. The van der Waals surface area contributed by atoms with Gasteiger partial charge >= 0.3 is 11.4 Å². The molecule has 8 aromatic rings. The molecule has 0 radical (unpaired) electrons. The second-order valence-electron chi connectivity index (χ2n) is 17.6. The molecule has 2 atom stereocenters. The van der Waals surface area contributed by atoms with Crippen molar-refractivity contribution in [3.8, 4) is 22.6 Å². The molecule has 64 heavy (non-hydrogen) atoms. The van der Waals surface area contributed by atoms with Crippen molar-refractivity contribution in [3.63, 3.8) is 0 Å². The molecule has 5 aromatic heterocycles. The number of aromatic amines is 1. The van der Waals surface area contributed by atoms with Crippen molar-refractivity contribution in [2.75, 3.05) is 13.2 Å². The van der Waals surface area contributed by atoms with Gasteiger partial charge in [0.25, 0.3) is 5.91 Å². The molecule has 19 heteroatoms. The Morgan fingerprint density at radius 1 is 0.953 bits per heavy atom. The molecule has 1 saturated carbocycles. The molecular formula is C45H40Cl2F2N10O5. The molecule has 15 nitrogen and oxygen atoms in total. The predicted molar refractivity (Wildman–Crippen MR) is 234 cm³/mol. The third kappa shape index (κ3) is 6.14. The van der Waals surface area contributed by atoms with E-state index in [4.69, 9.17) is 37.6 Å². The van der Waals surface area contributed by atoms with E-state index in [1.165, 1.54) is 45.9 Å². The van der Waals surface area contributed by atoms with Crippen molar-refractivity contribution in [3.05, 3.63) is 133 Å². The van der Waals surface area contributed by atoms with Crippen LogP contribution in [0, 0.1) is 11.6 Å². The molecule has 7 heterocycles. The lowest BCUT2D eigenvalue weighted by atomic mass is 9.83. The fraction of sp³-hybridized carbons (Fsp3) is 0.333. The molecule has 1 N–H and O–H groups in total. The molecule has 1 saturated heterocycles. The number of hydrogen-bond donors (Lipinski definition) is 1. The van der Waals surface area contributed by atoms with E-state index in [-0.39, 0.29) is 63.0 Å². The zero-order chi connectivity index (χ0) is 44.6. The number of aryl methyl sites for hydroxylation is 1. The number of aromatic nitrogens is 9. The minimum absolute atomic E-state index is 0.00328. The maximum absolute atomic E-state index is 16.1. The van der Waals surface area contributed by atoms with E-state index < -0.39 is 34.7 Å². The van der Waals surface area contributed by atoms with E-state index >= 15 is 9.18 Å². The van der Waals surface area contributed by atoms with Gasteiger partial charge in [-0.2, -0.15) is 10.2 Å². The fourth-order valence-corrected chi connectivity index (χ4v) is 10.5. The number of hydrogen-bond acceptors (Lipinski definition) is 8.